The number of imidazole rings is 1. The lowest BCUT2D eigenvalue weighted by atomic mass is 10.2. The quantitative estimate of drug-likeness (QED) is 0.328. The number of hydrogen-bond donors (Lipinski definition) is 4. The average molecular weight is 349 g/mol. The van der Waals surface area contributed by atoms with Crippen molar-refractivity contribution in [3.8, 4) is 0 Å². The number of nitrogens with zero attached hydrogens (tertiary/aromatic N) is 3. The van der Waals surface area contributed by atoms with Gasteiger partial charge in [-0.05, 0) is 30.8 Å². The molecule has 0 fully saturated rings. The zero-order chi connectivity index (χ0) is 17.1. The SMILES string of the molecule is NCCc1nc2nccc(C(=Nc3ccc(F)c(Cl)c3)NO)c2[nH]1. The maximum Gasteiger partial charge on any atom is 0.178 e. The minimum Gasteiger partial charge on any atom is -0.340 e. The minimum absolute atomic E-state index is 0.0554. The van der Waals surface area contributed by atoms with E-state index in [1.165, 1.54) is 18.2 Å². The van der Waals surface area contributed by atoms with Gasteiger partial charge in [-0.2, -0.15) is 0 Å². The topological polar surface area (TPSA) is 112 Å². The predicted molar refractivity (Wildman–Crippen MR) is 89.2 cm³/mol. The fraction of sp³-hybridized carbons (Fsp3) is 0.133. The maximum absolute atomic E-state index is 13.2. The van der Waals surface area contributed by atoms with Crippen LogP contribution in [0.25, 0.3) is 11.2 Å². The van der Waals surface area contributed by atoms with Crippen LogP contribution in [0.15, 0.2) is 35.5 Å². The number of aromatic amines is 1. The summed E-state index contributed by atoms with van der Waals surface area (Å²) in [6, 6.07) is 5.68. The Morgan fingerprint density at radius 1 is 1.42 bits per heavy atom. The van der Waals surface area contributed by atoms with Gasteiger partial charge < -0.3 is 10.7 Å². The van der Waals surface area contributed by atoms with Crippen LogP contribution in [0, 0.1) is 5.82 Å². The Kier molecular flexibility index (Phi) is 4.70. The second kappa shape index (κ2) is 6.91. The molecule has 3 rings (SSSR count). The molecule has 0 spiro atoms. The lowest BCUT2D eigenvalue weighted by Crippen LogP contribution is -2.20. The van der Waals surface area contributed by atoms with E-state index in [2.05, 4.69) is 19.9 Å². The fourth-order valence-corrected chi connectivity index (χ4v) is 2.42. The van der Waals surface area contributed by atoms with Crippen LogP contribution in [0.2, 0.25) is 5.02 Å². The molecule has 2 aromatic heterocycles. The van der Waals surface area contributed by atoms with E-state index in [0.29, 0.717) is 41.2 Å². The molecule has 2 heterocycles. The number of pyridine rings is 1. The second-order valence-corrected chi connectivity index (χ2v) is 5.36. The van der Waals surface area contributed by atoms with E-state index in [0.717, 1.165) is 0 Å². The van der Waals surface area contributed by atoms with Crippen molar-refractivity contribution in [2.45, 2.75) is 6.42 Å². The van der Waals surface area contributed by atoms with E-state index in [-0.39, 0.29) is 10.9 Å². The summed E-state index contributed by atoms with van der Waals surface area (Å²) in [6.45, 7) is 0.447. The summed E-state index contributed by atoms with van der Waals surface area (Å²) in [6.07, 6.45) is 2.12. The molecular weight excluding hydrogens is 335 g/mol. The Labute approximate surface area is 141 Å². The highest BCUT2D eigenvalue weighted by Crippen LogP contribution is 2.23. The van der Waals surface area contributed by atoms with Crippen molar-refractivity contribution >= 4 is 34.3 Å². The number of benzene rings is 1. The summed E-state index contributed by atoms with van der Waals surface area (Å²) >= 11 is 5.75. The number of hydroxylamine groups is 1. The van der Waals surface area contributed by atoms with E-state index in [4.69, 9.17) is 17.3 Å². The van der Waals surface area contributed by atoms with Crippen molar-refractivity contribution < 1.29 is 9.60 Å². The monoisotopic (exact) mass is 348 g/mol. The zero-order valence-electron chi connectivity index (χ0n) is 12.4. The number of H-pyrrole nitrogens is 1. The fourth-order valence-electron chi connectivity index (χ4n) is 2.24. The average Bonchev–Trinajstić information content (AvgIpc) is 2.99. The first-order valence-electron chi connectivity index (χ1n) is 7.10. The van der Waals surface area contributed by atoms with Crippen molar-refractivity contribution in [3.05, 3.63) is 52.7 Å². The summed E-state index contributed by atoms with van der Waals surface area (Å²) in [5.41, 5.74) is 9.60. The molecule has 0 radical (unpaired) electrons. The van der Waals surface area contributed by atoms with E-state index in [9.17, 15) is 9.60 Å². The Balaban J connectivity index is 2.08. The molecule has 0 amide bonds. The van der Waals surface area contributed by atoms with Crippen LogP contribution in [0.3, 0.4) is 0 Å². The molecular formula is C15H14ClFN6O. The second-order valence-electron chi connectivity index (χ2n) is 4.95. The predicted octanol–water partition coefficient (Wildman–Crippen LogP) is 2.31. The number of aliphatic imine (C=N–C) groups is 1. The van der Waals surface area contributed by atoms with E-state index in [1.54, 1.807) is 12.3 Å². The molecule has 0 aliphatic carbocycles. The molecule has 124 valence electrons. The standard InChI is InChI=1S/C15H14ClFN6O/c16-10-7-8(1-2-11(10)17)20-14(23-24)9-4-6-19-15-13(9)21-12(22-15)3-5-18/h1-2,4,6-7,24H,3,5,18H2,(H,20,23)(H,19,21,22). The number of halogens is 2. The first-order chi connectivity index (χ1) is 11.6. The lowest BCUT2D eigenvalue weighted by molar-refractivity contribution is 0.235. The Hall–Kier alpha value is -2.55. The molecule has 24 heavy (non-hydrogen) atoms. The van der Waals surface area contributed by atoms with Crippen LogP contribution >= 0.6 is 11.6 Å². The number of nitrogens with two attached hydrogens (primary N) is 1. The van der Waals surface area contributed by atoms with Gasteiger partial charge in [0.05, 0.1) is 16.2 Å². The number of aromatic nitrogens is 3. The van der Waals surface area contributed by atoms with Gasteiger partial charge in [0.1, 0.15) is 11.6 Å². The summed E-state index contributed by atoms with van der Waals surface area (Å²) in [5.74, 6) is 0.294. The van der Waals surface area contributed by atoms with Crippen molar-refractivity contribution in [3.63, 3.8) is 0 Å². The molecule has 3 aromatic rings. The summed E-state index contributed by atoms with van der Waals surface area (Å²) in [7, 11) is 0. The molecule has 0 saturated heterocycles. The smallest absolute Gasteiger partial charge is 0.178 e. The first-order valence-corrected chi connectivity index (χ1v) is 7.48. The van der Waals surface area contributed by atoms with E-state index < -0.39 is 5.82 Å². The van der Waals surface area contributed by atoms with Crippen LogP contribution in [-0.2, 0) is 6.42 Å². The third-order valence-electron chi connectivity index (χ3n) is 3.33. The molecule has 0 unspecified atom stereocenters. The number of nitrogens with one attached hydrogen (secondary N) is 2. The molecule has 0 aliphatic heterocycles. The van der Waals surface area contributed by atoms with Gasteiger partial charge in [0.15, 0.2) is 11.5 Å². The third-order valence-corrected chi connectivity index (χ3v) is 3.62. The van der Waals surface area contributed by atoms with Gasteiger partial charge in [-0.15, -0.1) is 0 Å². The minimum atomic E-state index is -0.541. The highest BCUT2D eigenvalue weighted by Gasteiger charge is 2.13. The zero-order valence-corrected chi connectivity index (χ0v) is 13.2. The van der Waals surface area contributed by atoms with Crippen LogP contribution in [0.1, 0.15) is 11.4 Å². The van der Waals surface area contributed by atoms with Crippen molar-refractivity contribution in [1.82, 2.24) is 20.4 Å². The van der Waals surface area contributed by atoms with Gasteiger partial charge in [-0.1, -0.05) is 11.6 Å². The maximum atomic E-state index is 13.2. The van der Waals surface area contributed by atoms with Crippen LogP contribution in [0.4, 0.5) is 10.1 Å². The molecule has 1 aromatic carbocycles. The largest absolute Gasteiger partial charge is 0.340 e. The lowest BCUT2D eigenvalue weighted by Gasteiger charge is -2.06. The highest BCUT2D eigenvalue weighted by atomic mass is 35.5. The molecule has 0 aliphatic rings. The van der Waals surface area contributed by atoms with Crippen molar-refractivity contribution in [1.29, 1.82) is 0 Å². The van der Waals surface area contributed by atoms with Gasteiger partial charge in [0.2, 0.25) is 0 Å². The molecule has 9 heteroatoms. The summed E-state index contributed by atoms with van der Waals surface area (Å²) in [5, 5.41) is 9.42. The Morgan fingerprint density at radius 2 is 2.25 bits per heavy atom. The van der Waals surface area contributed by atoms with Crippen molar-refractivity contribution in [2.75, 3.05) is 6.54 Å². The summed E-state index contributed by atoms with van der Waals surface area (Å²) < 4.78 is 13.2. The molecule has 0 bridgehead atoms. The number of hydrogen-bond acceptors (Lipinski definition) is 5. The number of fused-ring (bicyclic) bond motifs is 1. The van der Waals surface area contributed by atoms with Gasteiger partial charge in [0, 0.05) is 18.2 Å². The molecule has 0 saturated carbocycles. The first kappa shape index (κ1) is 16.3. The number of rotatable bonds is 4. The normalized spacial score (nSPS) is 11.9. The van der Waals surface area contributed by atoms with Crippen LogP contribution in [0.5, 0.6) is 0 Å². The van der Waals surface area contributed by atoms with E-state index >= 15 is 0 Å². The van der Waals surface area contributed by atoms with Gasteiger partial charge in [-0.3, -0.25) is 10.7 Å². The highest BCUT2D eigenvalue weighted by molar-refractivity contribution is 6.31. The summed E-state index contributed by atoms with van der Waals surface area (Å²) in [4.78, 5) is 15.9. The Morgan fingerprint density at radius 3 is 2.96 bits per heavy atom. The van der Waals surface area contributed by atoms with E-state index in [1.807, 2.05) is 5.48 Å². The third kappa shape index (κ3) is 3.21. The van der Waals surface area contributed by atoms with Gasteiger partial charge >= 0.3 is 0 Å². The van der Waals surface area contributed by atoms with Crippen molar-refractivity contribution in [2.24, 2.45) is 10.7 Å². The number of amidine groups is 1. The van der Waals surface area contributed by atoms with Gasteiger partial charge in [-0.25, -0.2) is 19.4 Å². The van der Waals surface area contributed by atoms with Crippen LogP contribution in [-0.4, -0.2) is 32.5 Å². The van der Waals surface area contributed by atoms with Gasteiger partial charge in [0.25, 0.3) is 0 Å². The molecule has 7 nitrogen and oxygen atoms in total. The Bertz CT molecular complexity index is 910. The molecule has 5 N–H and O–H groups in total. The van der Waals surface area contributed by atoms with Crippen LogP contribution < -0.4 is 11.2 Å². The molecule has 0 atom stereocenters.